The summed E-state index contributed by atoms with van der Waals surface area (Å²) in [4.78, 5) is 4.22. The monoisotopic (exact) mass is 312 g/mol. The Morgan fingerprint density at radius 3 is 2.82 bits per heavy atom. The lowest BCUT2D eigenvalue weighted by molar-refractivity contribution is 0.464. The number of nitrogen functional groups attached to an aromatic ring is 1. The third kappa shape index (κ3) is 2.90. The van der Waals surface area contributed by atoms with Crippen molar-refractivity contribution in [2.24, 2.45) is 0 Å². The molecule has 0 amide bonds. The van der Waals surface area contributed by atoms with E-state index >= 15 is 0 Å². The summed E-state index contributed by atoms with van der Waals surface area (Å²) in [5, 5.41) is 0.510. The molecule has 17 heavy (non-hydrogen) atoms. The van der Waals surface area contributed by atoms with Gasteiger partial charge in [-0.1, -0.05) is 27.5 Å². The molecule has 0 saturated heterocycles. The van der Waals surface area contributed by atoms with Gasteiger partial charge in [-0.2, -0.15) is 0 Å². The van der Waals surface area contributed by atoms with Crippen LogP contribution in [0, 0.1) is 6.92 Å². The fourth-order valence-electron chi connectivity index (χ4n) is 1.28. The summed E-state index contributed by atoms with van der Waals surface area (Å²) in [6.07, 6.45) is 0. The summed E-state index contributed by atoms with van der Waals surface area (Å²) in [6, 6.07) is 8.93. The number of anilines is 1. The van der Waals surface area contributed by atoms with Gasteiger partial charge in [0, 0.05) is 10.2 Å². The predicted octanol–water partition coefficient (Wildman–Crippen LogP) is 4.18. The van der Waals surface area contributed by atoms with Crippen LogP contribution in [0.4, 0.5) is 5.69 Å². The average Bonchev–Trinajstić information content (AvgIpc) is 2.28. The number of benzene rings is 1. The molecule has 0 fully saturated rings. The highest BCUT2D eigenvalue weighted by molar-refractivity contribution is 9.10. The van der Waals surface area contributed by atoms with Gasteiger partial charge in [-0.05, 0) is 37.3 Å². The van der Waals surface area contributed by atoms with Crippen molar-refractivity contribution in [3.05, 3.63) is 45.5 Å². The molecule has 3 nitrogen and oxygen atoms in total. The maximum Gasteiger partial charge on any atom is 0.242 e. The summed E-state index contributed by atoms with van der Waals surface area (Å²) in [5.41, 5.74) is 7.10. The van der Waals surface area contributed by atoms with Gasteiger partial charge in [-0.15, -0.1) is 0 Å². The average molecular weight is 314 g/mol. The van der Waals surface area contributed by atoms with Gasteiger partial charge in [0.25, 0.3) is 0 Å². The second kappa shape index (κ2) is 4.94. The number of rotatable bonds is 2. The van der Waals surface area contributed by atoms with E-state index in [0.717, 1.165) is 10.2 Å². The number of ether oxygens (including phenoxy) is 1. The predicted molar refractivity (Wildman–Crippen MR) is 72.6 cm³/mol. The fraction of sp³-hybridized carbons (Fsp3) is 0.0833. The van der Waals surface area contributed by atoms with Crippen molar-refractivity contribution in [3.8, 4) is 11.6 Å². The molecule has 0 aliphatic rings. The molecule has 1 heterocycles. The van der Waals surface area contributed by atoms with E-state index in [1.54, 1.807) is 18.2 Å². The second-order valence-corrected chi connectivity index (χ2v) is 4.85. The Balaban J connectivity index is 2.37. The van der Waals surface area contributed by atoms with Gasteiger partial charge in [-0.25, -0.2) is 4.98 Å². The van der Waals surface area contributed by atoms with Gasteiger partial charge in [0.2, 0.25) is 5.88 Å². The van der Waals surface area contributed by atoms with E-state index in [-0.39, 0.29) is 0 Å². The lowest BCUT2D eigenvalue weighted by atomic mass is 10.3. The molecule has 2 rings (SSSR count). The van der Waals surface area contributed by atoms with Gasteiger partial charge in [0.05, 0.1) is 10.7 Å². The van der Waals surface area contributed by atoms with E-state index in [9.17, 15) is 0 Å². The summed E-state index contributed by atoms with van der Waals surface area (Å²) in [7, 11) is 0. The molecule has 0 spiro atoms. The first-order valence-electron chi connectivity index (χ1n) is 4.92. The zero-order chi connectivity index (χ0) is 12.4. The number of nitrogens with two attached hydrogens (primary N) is 1. The van der Waals surface area contributed by atoms with Crippen molar-refractivity contribution in [1.82, 2.24) is 4.98 Å². The highest BCUT2D eigenvalue weighted by Crippen LogP contribution is 2.33. The zero-order valence-corrected chi connectivity index (χ0v) is 11.4. The number of aryl methyl sites for hydroxylation is 1. The van der Waals surface area contributed by atoms with E-state index in [2.05, 4.69) is 20.9 Å². The Kier molecular flexibility index (Phi) is 3.54. The van der Waals surface area contributed by atoms with Crippen LogP contribution >= 0.6 is 27.5 Å². The van der Waals surface area contributed by atoms with Crippen LogP contribution in [0.3, 0.4) is 0 Å². The van der Waals surface area contributed by atoms with Crippen LogP contribution < -0.4 is 10.5 Å². The summed E-state index contributed by atoms with van der Waals surface area (Å²) >= 11 is 9.38. The molecule has 2 N–H and O–H groups in total. The van der Waals surface area contributed by atoms with Crippen LogP contribution in [0.5, 0.6) is 11.6 Å². The standard InChI is InChI=1S/C12H10BrClN2O/c1-7-2-5-10(15)12(16-7)17-11-6-8(13)3-4-9(11)14/h2-6H,15H2,1H3. The first-order valence-corrected chi connectivity index (χ1v) is 6.09. The van der Waals surface area contributed by atoms with Crippen molar-refractivity contribution in [1.29, 1.82) is 0 Å². The molecular formula is C12H10BrClN2O. The Morgan fingerprint density at radius 1 is 1.29 bits per heavy atom. The largest absolute Gasteiger partial charge is 0.435 e. The third-order valence-electron chi connectivity index (χ3n) is 2.13. The Labute approximate surface area is 113 Å². The Bertz CT molecular complexity index is 511. The van der Waals surface area contributed by atoms with Crippen LogP contribution in [0.2, 0.25) is 5.02 Å². The van der Waals surface area contributed by atoms with E-state index in [1.165, 1.54) is 0 Å². The maximum atomic E-state index is 6.02. The summed E-state index contributed by atoms with van der Waals surface area (Å²) in [6.45, 7) is 1.87. The highest BCUT2D eigenvalue weighted by atomic mass is 79.9. The van der Waals surface area contributed by atoms with Crippen molar-refractivity contribution < 1.29 is 4.74 Å². The first kappa shape index (κ1) is 12.2. The van der Waals surface area contributed by atoms with Gasteiger partial charge in [0.15, 0.2) is 0 Å². The molecule has 0 aliphatic carbocycles. The smallest absolute Gasteiger partial charge is 0.242 e. The summed E-state index contributed by atoms with van der Waals surface area (Å²) in [5.74, 6) is 0.885. The first-order chi connectivity index (χ1) is 8.06. The molecule has 0 unspecified atom stereocenters. The molecule has 5 heteroatoms. The van der Waals surface area contributed by atoms with Crippen LogP contribution in [0.15, 0.2) is 34.8 Å². The van der Waals surface area contributed by atoms with Crippen LogP contribution in [-0.2, 0) is 0 Å². The van der Waals surface area contributed by atoms with Crippen LogP contribution in [0.1, 0.15) is 5.69 Å². The minimum Gasteiger partial charge on any atom is -0.435 e. The molecule has 2 aromatic rings. The number of halogens is 2. The zero-order valence-electron chi connectivity index (χ0n) is 9.08. The fourth-order valence-corrected chi connectivity index (χ4v) is 1.78. The van der Waals surface area contributed by atoms with E-state index in [0.29, 0.717) is 22.3 Å². The lowest BCUT2D eigenvalue weighted by Gasteiger charge is -2.09. The molecule has 1 aromatic carbocycles. The molecule has 0 aliphatic heterocycles. The molecule has 1 aromatic heterocycles. The minimum absolute atomic E-state index is 0.366. The molecule has 0 saturated carbocycles. The quantitative estimate of drug-likeness (QED) is 0.904. The Hall–Kier alpha value is -1.26. The molecule has 0 bridgehead atoms. The van der Waals surface area contributed by atoms with Gasteiger partial charge in [0.1, 0.15) is 5.75 Å². The number of pyridine rings is 1. The topological polar surface area (TPSA) is 48.1 Å². The van der Waals surface area contributed by atoms with Crippen molar-refractivity contribution in [2.45, 2.75) is 6.92 Å². The molecule has 0 atom stereocenters. The third-order valence-corrected chi connectivity index (χ3v) is 2.93. The Morgan fingerprint density at radius 2 is 2.06 bits per heavy atom. The highest BCUT2D eigenvalue weighted by Gasteiger charge is 2.08. The number of aromatic nitrogens is 1. The number of nitrogens with zero attached hydrogens (tertiary/aromatic N) is 1. The summed E-state index contributed by atoms with van der Waals surface area (Å²) < 4.78 is 6.48. The van der Waals surface area contributed by atoms with E-state index in [1.807, 2.05) is 19.1 Å². The molecular weight excluding hydrogens is 304 g/mol. The van der Waals surface area contributed by atoms with Crippen molar-refractivity contribution in [2.75, 3.05) is 5.73 Å². The van der Waals surface area contributed by atoms with Gasteiger partial charge >= 0.3 is 0 Å². The van der Waals surface area contributed by atoms with Gasteiger partial charge < -0.3 is 10.5 Å². The maximum absolute atomic E-state index is 6.02. The SMILES string of the molecule is Cc1ccc(N)c(Oc2cc(Br)ccc2Cl)n1. The van der Waals surface area contributed by atoms with E-state index in [4.69, 9.17) is 22.1 Å². The molecule has 0 radical (unpaired) electrons. The molecule has 88 valence electrons. The van der Waals surface area contributed by atoms with Crippen LogP contribution in [-0.4, -0.2) is 4.98 Å². The normalized spacial score (nSPS) is 10.3. The lowest BCUT2D eigenvalue weighted by Crippen LogP contribution is -1.96. The number of hydrogen-bond donors (Lipinski definition) is 1. The van der Waals surface area contributed by atoms with E-state index < -0.39 is 0 Å². The van der Waals surface area contributed by atoms with Crippen molar-refractivity contribution >= 4 is 33.2 Å². The van der Waals surface area contributed by atoms with Crippen LogP contribution in [0.25, 0.3) is 0 Å². The number of hydrogen-bond acceptors (Lipinski definition) is 3. The second-order valence-electron chi connectivity index (χ2n) is 3.52. The van der Waals surface area contributed by atoms with Gasteiger partial charge in [-0.3, -0.25) is 0 Å². The minimum atomic E-state index is 0.366. The van der Waals surface area contributed by atoms with Crippen molar-refractivity contribution in [3.63, 3.8) is 0 Å².